The lowest BCUT2D eigenvalue weighted by molar-refractivity contribution is 0.533. The number of aromatic nitrogens is 3. The zero-order valence-corrected chi connectivity index (χ0v) is 12.3. The molecule has 0 atom stereocenters. The van der Waals surface area contributed by atoms with Gasteiger partial charge in [0.15, 0.2) is 11.5 Å². The fraction of sp³-hybridized carbons (Fsp3) is 0.375. The van der Waals surface area contributed by atoms with E-state index in [4.69, 9.17) is 4.42 Å². The predicted molar refractivity (Wildman–Crippen MR) is 81.3 cm³/mol. The monoisotopic (exact) mass is 282 g/mol. The van der Waals surface area contributed by atoms with Gasteiger partial charge in [0.05, 0.1) is 5.69 Å². The minimum Gasteiger partial charge on any atom is -0.440 e. The lowest BCUT2D eigenvalue weighted by Crippen LogP contribution is -1.99. The summed E-state index contributed by atoms with van der Waals surface area (Å²) in [6.45, 7) is 2.79. The molecule has 0 amide bonds. The molecule has 0 spiro atoms. The molecule has 0 saturated heterocycles. The average molecular weight is 282 g/mol. The third-order valence-corrected chi connectivity index (χ3v) is 3.93. The van der Waals surface area contributed by atoms with Crippen LogP contribution in [0, 0.1) is 6.92 Å². The summed E-state index contributed by atoms with van der Waals surface area (Å²) < 4.78 is 7.62. The maximum atomic E-state index is 5.78. The van der Waals surface area contributed by atoms with Crippen LogP contribution in [0.5, 0.6) is 0 Å². The van der Waals surface area contributed by atoms with Gasteiger partial charge < -0.3 is 9.73 Å². The maximum absolute atomic E-state index is 5.78. The molecule has 0 unspecified atom stereocenters. The minimum absolute atomic E-state index is 0.548. The first-order valence-corrected chi connectivity index (χ1v) is 7.32. The Kier molecular flexibility index (Phi) is 2.74. The minimum atomic E-state index is 0.548. The molecule has 5 heteroatoms. The van der Waals surface area contributed by atoms with Gasteiger partial charge in [-0.25, -0.2) is 4.98 Å². The molecule has 1 saturated carbocycles. The van der Waals surface area contributed by atoms with Crippen LogP contribution in [0.4, 0.5) is 5.69 Å². The Balaban J connectivity index is 1.54. The molecule has 0 radical (unpaired) electrons. The van der Waals surface area contributed by atoms with Crippen molar-refractivity contribution in [3.8, 4) is 0 Å². The van der Waals surface area contributed by atoms with Gasteiger partial charge in [-0.3, -0.25) is 4.68 Å². The van der Waals surface area contributed by atoms with Crippen molar-refractivity contribution in [1.82, 2.24) is 14.8 Å². The molecule has 3 aromatic rings. The Labute approximate surface area is 123 Å². The van der Waals surface area contributed by atoms with Gasteiger partial charge in [-0.2, -0.15) is 5.10 Å². The lowest BCUT2D eigenvalue weighted by atomic mass is 10.2. The van der Waals surface area contributed by atoms with Crippen molar-refractivity contribution in [3.63, 3.8) is 0 Å². The standard InChI is InChI=1S/C16H18N4O/c1-10-12(9-20(2)19-10)8-17-13-5-6-15-14(7-13)18-16(21-15)11-3-4-11/h5-7,9,11,17H,3-4,8H2,1-2H3. The van der Waals surface area contributed by atoms with E-state index in [-0.39, 0.29) is 0 Å². The summed E-state index contributed by atoms with van der Waals surface area (Å²) in [5.41, 5.74) is 5.13. The van der Waals surface area contributed by atoms with Crippen molar-refractivity contribution >= 4 is 16.8 Å². The average Bonchev–Trinajstić information content (AvgIpc) is 3.14. The Hall–Kier alpha value is -2.30. The summed E-state index contributed by atoms with van der Waals surface area (Å²) in [5, 5.41) is 7.78. The van der Waals surface area contributed by atoms with Gasteiger partial charge in [0.2, 0.25) is 0 Å². The molecule has 4 rings (SSSR count). The smallest absolute Gasteiger partial charge is 0.198 e. The molecular formula is C16H18N4O. The number of hydrogen-bond donors (Lipinski definition) is 1. The van der Waals surface area contributed by atoms with Crippen molar-refractivity contribution in [3.05, 3.63) is 41.5 Å². The first-order chi connectivity index (χ1) is 10.2. The van der Waals surface area contributed by atoms with E-state index in [1.54, 1.807) is 0 Å². The van der Waals surface area contributed by atoms with Crippen LogP contribution >= 0.6 is 0 Å². The highest BCUT2D eigenvalue weighted by molar-refractivity contribution is 5.77. The molecule has 2 heterocycles. The van der Waals surface area contributed by atoms with Crippen molar-refractivity contribution in [2.24, 2.45) is 7.05 Å². The molecule has 0 aliphatic heterocycles. The van der Waals surface area contributed by atoms with Crippen LogP contribution in [0.15, 0.2) is 28.8 Å². The number of benzene rings is 1. The number of nitrogens with zero attached hydrogens (tertiary/aromatic N) is 3. The van der Waals surface area contributed by atoms with E-state index in [1.807, 2.05) is 37.0 Å². The molecule has 108 valence electrons. The van der Waals surface area contributed by atoms with Crippen molar-refractivity contribution < 1.29 is 4.42 Å². The molecule has 1 aliphatic rings. The van der Waals surface area contributed by atoms with Gasteiger partial charge in [-0.05, 0) is 38.0 Å². The van der Waals surface area contributed by atoms with Crippen LogP contribution in [0.25, 0.3) is 11.1 Å². The third-order valence-electron chi connectivity index (χ3n) is 3.93. The number of anilines is 1. The third kappa shape index (κ3) is 2.39. The highest BCUT2D eigenvalue weighted by atomic mass is 16.3. The Morgan fingerprint density at radius 2 is 2.24 bits per heavy atom. The van der Waals surface area contributed by atoms with Crippen LogP contribution in [0.2, 0.25) is 0 Å². The van der Waals surface area contributed by atoms with Crippen LogP contribution in [0.1, 0.15) is 35.9 Å². The number of oxazole rings is 1. The highest BCUT2D eigenvalue weighted by Gasteiger charge is 2.28. The van der Waals surface area contributed by atoms with Crippen molar-refractivity contribution in [2.75, 3.05) is 5.32 Å². The summed E-state index contributed by atoms with van der Waals surface area (Å²) in [5.74, 6) is 1.44. The first-order valence-electron chi connectivity index (χ1n) is 7.32. The number of fused-ring (bicyclic) bond motifs is 1. The Morgan fingerprint density at radius 3 is 2.95 bits per heavy atom. The topological polar surface area (TPSA) is 55.9 Å². The zero-order chi connectivity index (χ0) is 14.4. The molecule has 5 nitrogen and oxygen atoms in total. The number of aryl methyl sites for hydroxylation is 2. The molecule has 2 aromatic heterocycles. The second-order valence-corrected chi connectivity index (χ2v) is 5.78. The van der Waals surface area contributed by atoms with Crippen molar-refractivity contribution in [1.29, 1.82) is 0 Å². The van der Waals surface area contributed by atoms with E-state index in [2.05, 4.69) is 21.5 Å². The van der Waals surface area contributed by atoms with Gasteiger partial charge in [0.25, 0.3) is 0 Å². The van der Waals surface area contributed by atoms with E-state index in [9.17, 15) is 0 Å². The molecule has 21 heavy (non-hydrogen) atoms. The molecule has 1 N–H and O–H groups in total. The van der Waals surface area contributed by atoms with Crippen LogP contribution in [-0.2, 0) is 13.6 Å². The fourth-order valence-corrected chi connectivity index (χ4v) is 2.58. The second kappa shape index (κ2) is 4.62. The van der Waals surface area contributed by atoms with Crippen LogP contribution in [0.3, 0.4) is 0 Å². The van der Waals surface area contributed by atoms with E-state index in [0.717, 1.165) is 34.9 Å². The van der Waals surface area contributed by atoms with Crippen LogP contribution in [-0.4, -0.2) is 14.8 Å². The van der Waals surface area contributed by atoms with Crippen LogP contribution < -0.4 is 5.32 Å². The fourth-order valence-electron chi connectivity index (χ4n) is 2.58. The highest BCUT2D eigenvalue weighted by Crippen LogP contribution is 2.40. The number of nitrogens with one attached hydrogen (secondary N) is 1. The van der Waals surface area contributed by atoms with E-state index >= 15 is 0 Å². The van der Waals surface area contributed by atoms with Gasteiger partial charge in [0, 0.05) is 37.0 Å². The molecule has 1 fully saturated rings. The lowest BCUT2D eigenvalue weighted by Gasteiger charge is -2.04. The quantitative estimate of drug-likeness (QED) is 0.797. The normalized spacial score (nSPS) is 14.8. The Bertz CT molecular complexity index is 798. The summed E-state index contributed by atoms with van der Waals surface area (Å²) in [4.78, 5) is 4.59. The largest absolute Gasteiger partial charge is 0.440 e. The van der Waals surface area contributed by atoms with Gasteiger partial charge in [-0.1, -0.05) is 0 Å². The maximum Gasteiger partial charge on any atom is 0.198 e. The zero-order valence-electron chi connectivity index (χ0n) is 12.3. The second-order valence-electron chi connectivity index (χ2n) is 5.78. The van der Waals surface area contributed by atoms with E-state index in [1.165, 1.54) is 18.4 Å². The predicted octanol–water partition coefficient (Wildman–Crippen LogP) is 3.36. The molecular weight excluding hydrogens is 264 g/mol. The SMILES string of the molecule is Cc1nn(C)cc1CNc1ccc2oc(C3CC3)nc2c1. The summed E-state index contributed by atoms with van der Waals surface area (Å²) in [7, 11) is 1.94. The van der Waals surface area contributed by atoms with E-state index < -0.39 is 0 Å². The molecule has 0 bridgehead atoms. The van der Waals surface area contributed by atoms with Gasteiger partial charge >= 0.3 is 0 Å². The molecule has 1 aliphatic carbocycles. The number of rotatable bonds is 4. The summed E-state index contributed by atoms with van der Waals surface area (Å²) in [6, 6.07) is 6.08. The number of hydrogen-bond acceptors (Lipinski definition) is 4. The van der Waals surface area contributed by atoms with Gasteiger partial charge in [-0.15, -0.1) is 0 Å². The Morgan fingerprint density at radius 1 is 1.38 bits per heavy atom. The van der Waals surface area contributed by atoms with Gasteiger partial charge in [0.1, 0.15) is 5.52 Å². The van der Waals surface area contributed by atoms with Crippen molar-refractivity contribution in [2.45, 2.75) is 32.2 Å². The summed E-state index contributed by atoms with van der Waals surface area (Å²) >= 11 is 0. The van der Waals surface area contributed by atoms with E-state index in [0.29, 0.717) is 5.92 Å². The molecule has 1 aromatic carbocycles. The summed E-state index contributed by atoms with van der Waals surface area (Å²) in [6.07, 6.45) is 4.46. The first kappa shape index (κ1) is 12.4.